The number of hydrogen-bond acceptors (Lipinski definition) is 14. The van der Waals surface area contributed by atoms with Crippen molar-refractivity contribution in [3.63, 3.8) is 0 Å². The number of methoxy groups -OCH3 is 2. The van der Waals surface area contributed by atoms with Gasteiger partial charge in [0, 0.05) is 66.6 Å². The third-order valence-electron chi connectivity index (χ3n) is 11.8. The second-order valence-corrected chi connectivity index (χ2v) is 16.2. The van der Waals surface area contributed by atoms with Gasteiger partial charge in [-0.15, -0.1) is 0 Å². The van der Waals surface area contributed by atoms with E-state index in [-0.39, 0.29) is 12.5 Å². The van der Waals surface area contributed by atoms with Gasteiger partial charge in [0.05, 0.1) is 37.6 Å². The van der Waals surface area contributed by atoms with Gasteiger partial charge in [0.1, 0.15) is 35.7 Å². The fourth-order valence-electron chi connectivity index (χ4n) is 7.86. The van der Waals surface area contributed by atoms with Crippen LogP contribution in [-0.2, 0) is 31.9 Å². The molecule has 61 heavy (non-hydrogen) atoms. The predicted molar refractivity (Wildman–Crippen MR) is 226 cm³/mol. The SMILES string of the molecule is CCOC(=O)/C=C/c1cnc(-c2c(OC)nc[n+](CC3(C)OB(c4c(OC)ncnc4C4CC4)OC3(C)C)c2C2CC2)nc1NCc1ccc(-c2nccn3ccnc23)cc1. The van der Waals surface area contributed by atoms with Crippen LogP contribution in [0.15, 0.2) is 74.0 Å². The molecule has 0 spiro atoms. The van der Waals surface area contributed by atoms with Gasteiger partial charge in [-0.2, -0.15) is 0 Å². The van der Waals surface area contributed by atoms with Crippen LogP contribution in [0.2, 0.25) is 0 Å². The van der Waals surface area contributed by atoms with Crippen molar-refractivity contribution in [2.45, 2.75) is 89.5 Å². The average molecular weight is 824 g/mol. The molecule has 1 aromatic carbocycles. The summed E-state index contributed by atoms with van der Waals surface area (Å²) < 4.78 is 34.6. The molecule has 17 heteroatoms. The van der Waals surface area contributed by atoms with Gasteiger partial charge in [0.25, 0.3) is 6.33 Å². The number of anilines is 1. The number of carbonyl (C=O) groups excluding carboxylic acids is 1. The number of fused-ring (bicyclic) bond motifs is 1. The van der Waals surface area contributed by atoms with Gasteiger partial charge in [-0.1, -0.05) is 24.3 Å². The van der Waals surface area contributed by atoms with E-state index < -0.39 is 24.3 Å². The highest BCUT2D eigenvalue weighted by Gasteiger charge is 2.58. The summed E-state index contributed by atoms with van der Waals surface area (Å²) in [5.41, 5.74) is 5.92. The normalized spacial score (nSPS) is 18.5. The van der Waals surface area contributed by atoms with Crippen molar-refractivity contribution in [2.24, 2.45) is 0 Å². The maximum Gasteiger partial charge on any atom is 0.502 e. The number of aromatic nitrogens is 9. The number of ether oxygens (including phenoxy) is 3. The highest BCUT2D eigenvalue weighted by Crippen LogP contribution is 2.46. The first kappa shape index (κ1) is 40.1. The van der Waals surface area contributed by atoms with Crippen LogP contribution < -0.4 is 24.8 Å². The average Bonchev–Trinajstić information content (AvgIpc) is 4.21. The molecular formula is C44H48BN10O6+. The van der Waals surface area contributed by atoms with Crippen LogP contribution in [0.25, 0.3) is 34.4 Å². The quantitative estimate of drug-likeness (QED) is 0.0615. The Morgan fingerprint density at radius 2 is 1.70 bits per heavy atom. The molecule has 1 N–H and O–H groups in total. The monoisotopic (exact) mass is 823 g/mol. The van der Waals surface area contributed by atoms with E-state index in [4.69, 9.17) is 38.5 Å². The van der Waals surface area contributed by atoms with Gasteiger partial charge in [-0.25, -0.2) is 34.3 Å². The third kappa shape index (κ3) is 7.90. The smallest absolute Gasteiger partial charge is 0.481 e. The molecule has 3 aliphatic rings. The molecule has 2 saturated carbocycles. The molecule has 2 aliphatic carbocycles. The second-order valence-electron chi connectivity index (χ2n) is 16.2. The molecule has 0 radical (unpaired) electrons. The van der Waals surface area contributed by atoms with E-state index in [0.29, 0.717) is 53.5 Å². The number of rotatable bonds is 15. The van der Waals surface area contributed by atoms with E-state index >= 15 is 0 Å². The van der Waals surface area contributed by atoms with Crippen LogP contribution in [0.5, 0.6) is 11.8 Å². The van der Waals surface area contributed by atoms with Gasteiger partial charge in [-0.05, 0) is 70.0 Å². The van der Waals surface area contributed by atoms with Crippen LogP contribution in [-0.4, -0.2) is 84.4 Å². The largest absolute Gasteiger partial charge is 0.502 e. The standard InChI is InChI=1S/C44H47BN10O6/c1-7-59-32(56)17-16-31-23-49-39(53-38(31)48-22-27-8-10-29(11-9-27)36-40-47-19-21-54(40)20-18-46-36)33-37(30-14-15-30)55(26-52-41(33)57-5)24-44(4)43(2,3)60-45(61-44)34-35(28-12-13-28)50-25-51-42(34)58-6/h8-11,16-21,23,25-26,28,30H,7,12-15,22,24H2,1-6H3/p+1. The molecular weight excluding hydrogens is 775 g/mol. The van der Waals surface area contributed by atoms with E-state index in [2.05, 4.69) is 36.7 Å². The summed E-state index contributed by atoms with van der Waals surface area (Å²) in [6.07, 6.45) is 19.5. The Morgan fingerprint density at radius 3 is 2.43 bits per heavy atom. The topological polar surface area (TPSA) is 174 Å². The Balaban J connectivity index is 1.05. The van der Waals surface area contributed by atoms with Crippen LogP contribution in [0, 0.1) is 0 Å². The van der Waals surface area contributed by atoms with Gasteiger partial charge >= 0.3 is 19.0 Å². The molecule has 9 rings (SSSR count). The van der Waals surface area contributed by atoms with Crippen molar-refractivity contribution in [3.05, 3.63) is 96.5 Å². The Morgan fingerprint density at radius 1 is 0.951 bits per heavy atom. The zero-order valence-corrected chi connectivity index (χ0v) is 35.2. The molecule has 3 fully saturated rings. The van der Waals surface area contributed by atoms with Crippen molar-refractivity contribution in [2.75, 3.05) is 26.1 Å². The number of carbonyl (C=O) groups is 1. The lowest BCUT2D eigenvalue weighted by Crippen LogP contribution is -2.57. The molecule has 6 heterocycles. The van der Waals surface area contributed by atoms with E-state index in [1.165, 1.54) is 6.08 Å². The maximum absolute atomic E-state index is 12.4. The zero-order chi connectivity index (χ0) is 42.3. The summed E-state index contributed by atoms with van der Waals surface area (Å²) in [6, 6.07) is 8.14. The first-order chi connectivity index (χ1) is 29.6. The third-order valence-corrected chi connectivity index (χ3v) is 11.8. The van der Waals surface area contributed by atoms with Crippen LogP contribution in [0.3, 0.4) is 0 Å². The molecule has 1 saturated heterocycles. The van der Waals surface area contributed by atoms with Crippen LogP contribution in [0.1, 0.15) is 87.7 Å². The van der Waals surface area contributed by atoms with Crippen molar-refractivity contribution in [1.82, 2.24) is 39.3 Å². The highest BCUT2D eigenvalue weighted by atomic mass is 16.7. The summed E-state index contributed by atoms with van der Waals surface area (Å²) in [7, 11) is 2.48. The zero-order valence-electron chi connectivity index (χ0n) is 35.2. The minimum Gasteiger partial charge on any atom is -0.481 e. The lowest BCUT2D eigenvalue weighted by atomic mass is 9.77. The van der Waals surface area contributed by atoms with Crippen LogP contribution in [0.4, 0.5) is 5.82 Å². The maximum atomic E-state index is 12.4. The fraction of sp³-hybridized carbons (Fsp3) is 0.386. The van der Waals surface area contributed by atoms with Gasteiger partial charge in [0.15, 0.2) is 17.0 Å². The summed E-state index contributed by atoms with van der Waals surface area (Å²) in [6.45, 7) is 9.03. The van der Waals surface area contributed by atoms with E-state index in [9.17, 15) is 4.79 Å². The molecule has 6 aromatic rings. The predicted octanol–water partition coefficient (Wildman–Crippen LogP) is 5.27. The molecule has 1 unspecified atom stereocenters. The van der Waals surface area contributed by atoms with E-state index in [0.717, 1.165) is 65.0 Å². The summed E-state index contributed by atoms with van der Waals surface area (Å²) in [4.78, 5) is 45.3. The number of esters is 1. The minimum atomic E-state index is -0.826. The fourth-order valence-corrected chi connectivity index (χ4v) is 7.86. The van der Waals surface area contributed by atoms with Gasteiger partial charge in [-0.3, -0.25) is 4.98 Å². The summed E-state index contributed by atoms with van der Waals surface area (Å²) >= 11 is 0. The summed E-state index contributed by atoms with van der Waals surface area (Å²) in [5.74, 6) is 1.90. The van der Waals surface area contributed by atoms with Crippen LogP contribution >= 0.6 is 0 Å². The minimum absolute atomic E-state index is 0.213. The van der Waals surface area contributed by atoms with Crippen molar-refractivity contribution >= 4 is 36.1 Å². The molecule has 5 aromatic heterocycles. The molecule has 1 atom stereocenters. The van der Waals surface area contributed by atoms with Crippen molar-refractivity contribution in [1.29, 1.82) is 0 Å². The Labute approximate surface area is 354 Å². The second kappa shape index (κ2) is 16.3. The van der Waals surface area contributed by atoms with Crippen molar-refractivity contribution < 1.29 is 32.9 Å². The summed E-state index contributed by atoms with van der Waals surface area (Å²) in [5, 5.41) is 3.51. The number of imidazole rings is 1. The molecule has 312 valence electrons. The molecule has 16 nitrogen and oxygen atoms in total. The number of nitrogens with zero attached hydrogens (tertiary/aromatic N) is 9. The van der Waals surface area contributed by atoms with Gasteiger partial charge < -0.3 is 33.2 Å². The number of nitrogens with one attached hydrogen (secondary N) is 1. The number of benzene rings is 1. The number of hydrogen-bond donors (Lipinski definition) is 1. The first-order valence-electron chi connectivity index (χ1n) is 20.6. The van der Waals surface area contributed by atoms with E-state index in [1.54, 1.807) is 58.5 Å². The molecule has 0 amide bonds. The van der Waals surface area contributed by atoms with Gasteiger partial charge in [0.2, 0.25) is 5.88 Å². The Kier molecular flexibility index (Phi) is 10.7. The molecule has 0 bridgehead atoms. The Bertz CT molecular complexity index is 2630. The first-order valence-corrected chi connectivity index (χ1v) is 20.6. The lowest BCUT2D eigenvalue weighted by Gasteiger charge is -2.35. The highest BCUT2D eigenvalue weighted by molar-refractivity contribution is 6.63. The molecule has 1 aliphatic heterocycles. The van der Waals surface area contributed by atoms with Crippen molar-refractivity contribution in [3.8, 4) is 34.4 Å². The lowest BCUT2D eigenvalue weighted by molar-refractivity contribution is -0.719. The van der Waals surface area contributed by atoms with E-state index in [1.807, 2.05) is 54.9 Å². The Hall–Kier alpha value is -6.33.